The molecule has 1 aliphatic rings. The Labute approximate surface area is 105 Å². The minimum Gasteiger partial charge on any atom is -0.369 e. The van der Waals surface area contributed by atoms with Gasteiger partial charge in [0.05, 0.1) is 0 Å². The van der Waals surface area contributed by atoms with Gasteiger partial charge in [-0.25, -0.2) is 0 Å². The Bertz CT molecular complexity index is 360. The van der Waals surface area contributed by atoms with Crippen LogP contribution in [0.1, 0.15) is 26.3 Å². The monoisotopic (exact) mass is 232 g/mol. The summed E-state index contributed by atoms with van der Waals surface area (Å²) in [5, 5.41) is 3.49. The number of nitrogens with zero attached hydrogens (tertiary/aromatic N) is 1. The van der Waals surface area contributed by atoms with Gasteiger partial charge in [0.25, 0.3) is 0 Å². The molecule has 1 aliphatic heterocycles. The normalized spacial score (nSPS) is 20.9. The van der Waals surface area contributed by atoms with E-state index in [0.29, 0.717) is 6.04 Å². The van der Waals surface area contributed by atoms with Crippen molar-refractivity contribution in [1.29, 1.82) is 0 Å². The minimum atomic E-state index is 0.595. The van der Waals surface area contributed by atoms with E-state index < -0.39 is 0 Å². The molecule has 17 heavy (non-hydrogen) atoms. The lowest BCUT2D eigenvalue weighted by Crippen LogP contribution is -2.49. The van der Waals surface area contributed by atoms with Crippen molar-refractivity contribution in [3.63, 3.8) is 0 Å². The zero-order chi connectivity index (χ0) is 12.3. The largest absolute Gasteiger partial charge is 0.369 e. The van der Waals surface area contributed by atoms with Crippen LogP contribution in [0, 0.1) is 5.92 Å². The Morgan fingerprint density at radius 3 is 2.94 bits per heavy atom. The van der Waals surface area contributed by atoms with E-state index in [1.54, 1.807) is 0 Å². The highest BCUT2D eigenvalue weighted by Gasteiger charge is 2.15. The van der Waals surface area contributed by atoms with Crippen molar-refractivity contribution in [2.75, 3.05) is 24.5 Å². The van der Waals surface area contributed by atoms with E-state index in [1.165, 1.54) is 17.7 Å². The van der Waals surface area contributed by atoms with Crippen LogP contribution in [-0.4, -0.2) is 25.7 Å². The predicted octanol–water partition coefficient (Wildman–Crippen LogP) is 2.68. The van der Waals surface area contributed by atoms with Crippen molar-refractivity contribution in [3.8, 4) is 0 Å². The maximum Gasteiger partial charge on any atom is 0.0369 e. The van der Waals surface area contributed by atoms with E-state index in [1.807, 2.05) is 0 Å². The highest BCUT2D eigenvalue weighted by atomic mass is 15.2. The lowest BCUT2D eigenvalue weighted by atomic mass is 10.0. The Kier molecular flexibility index (Phi) is 4.06. The first kappa shape index (κ1) is 12.4. The van der Waals surface area contributed by atoms with E-state index in [4.69, 9.17) is 0 Å². The van der Waals surface area contributed by atoms with Crippen molar-refractivity contribution in [1.82, 2.24) is 5.32 Å². The quantitative estimate of drug-likeness (QED) is 0.862. The van der Waals surface area contributed by atoms with Crippen molar-refractivity contribution in [2.45, 2.75) is 33.2 Å². The van der Waals surface area contributed by atoms with Crippen molar-refractivity contribution in [3.05, 3.63) is 29.8 Å². The molecule has 1 N–H and O–H groups in total. The topological polar surface area (TPSA) is 15.3 Å². The second-order valence-corrected chi connectivity index (χ2v) is 5.57. The van der Waals surface area contributed by atoms with Crippen LogP contribution in [0.15, 0.2) is 24.3 Å². The number of nitrogens with one attached hydrogen (secondary N) is 1. The van der Waals surface area contributed by atoms with Gasteiger partial charge in [0.15, 0.2) is 0 Å². The molecule has 1 heterocycles. The molecule has 0 spiro atoms. The van der Waals surface area contributed by atoms with E-state index in [9.17, 15) is 0 Å². The summed E-state index contributed by atoms with van der Waals surface area (Å²) in [4.78, 5) is 2.49. The summed E-state index contributed by atoms with van der Waals surface area (Å²) >= 11 is 0. The molecule has 1 aromatic carbocycles. The molecule has 0 saturated carbocycles. The number of rotatable bonds is 3. The summed E-state index contributed by atoms with van der Waals surface area (Å²) < 4.78 is 0. The average molecular weight is 232 g/mol. The van der Waals surface area contributed by atoms with Gasteiger partial charge in [0.2, 0.25) is 0 Å². The Hall–Kier alpha value is -1.02. The first-order valence-electron chi connectivity index (χ1n) is 6.72. The number of hydrogen-bond acceptors (Lipinski definition) is 2. The summed E-state index contributed by atoms with van der Waals surface area (Å²) in [6.07, 6.45) is 1.18. The standard InChI is InChI=1S/C15H24N2/c1-12(2)9-14-5-4-6-15(10-14)17-8-7-16-13(3)11-17/h4-6,10,12-13,16H,7-9,11H2,1-3H3. The average Bonchev–Trinajstić information content (AvgIpc) is 2.28. The van der Waals surface area contributed by atoms with E-state index >= 15 is 0 Å². The van der Waals surface area contributed by atoms with Crippen LogP contribution < -0.4 is 10.2 Å². The molecule has 2 rings (SSSR count). The molecule has 0 bridgehead atoms. The summed E-state index contributed by atoms with van der Waals surface area (Å²) in [5.41, 5.74) is 2.85. The lowest BCUT2D eigenvalue weighted by molar-refractivity contribution is 0.484. The van der Waals surface area contributed by atoms with E-state index in [2.05, 4.69) is 55.3 Å². The number of hydrogen-bond donors (Lipinski definition) is 1. The van der Waals surface area contributed by atoms with Crippen LogP contribution in [0.3, 0.4) is 0 Å². The third-order valence-corrected chi connectivity index (χ3v) is 3.29. The molecule has 1 atom stereocenters. The highest BCUT2D eigenvalue weighted by molar-refractivity contribution is 5.49. The van der Waals surface area contributed by atoms with Crippen molar-refractivity contribution >= 4 is 5.69 Å². The second-order valence-electron chi connectivity index (χ2n) is 5.57. The summed E-state index contributed by atoms with van der Waals surface area (Å²) in [7, 11) is 0. The number of benzene rings is 1. The first-order chi connectivity index (χ1) is 8.15. The van der Waals surface area contributed by atoms with Crippen molar-refractivity contribution in [2.24, 2.45) is 5.92 Å². The van der Waals surface area contributed by atoms with Gasteiger partial charge in [-0.05, 0) is 37.0 Å². The van der Waals surface area contributed by atoms with Gasteiger partial charge >= 0.3 is 0 Å². The smallest absolute Gasteiger partial charge is 0.0369 e. The molecule has 1 aromatic rings. The summed E-state index contributed by atoms with van der Waals surface area (Å²) in [6.45, 7) is 10.1. The predicted molar refractivity (Wildman–Crippen MR) is 74.7 cm³/mol. The van der Waals surface area contributed by atoms with Gasteiger partial charge in [-0.2, -0.15) is 0 Å². The molecular formula is C15H24N2. The molecule has 0 aliphatic carbocycles. The van der Waals surface area contributed by atoms with Crippen LogP contribution in [-0.2, 0) is 6.42 Å². The fourth-order valence-corrected chi connectivity index (χ4v) is 2.52. The first-order valence-corrected chi connectivity index (χ1v) is 6.72. The van der Waals surface area contributed by atoms with Gasteiger partial charge in [-0.15, -0.1) is 0 Å². The van der Waals surface area contributed by atoms with Gasteiger partial charge in [0.1, 0.15) is 0 Å². The Morgan fingerprint density at radius 1 is 1.41 bits per heavy atom. The Morgan fingerprint density at radius 2 is 2.24 bits per heavy atom. The summed E-state index contributed by atoms with van der Waals surface area (Å²) in [5.74, 6) is 0.729. The molecule has 0 radical (unpaired) electrons. The molecule has 2 nitrogen and oxygen atoms in total. The molecule has 2 heteroatoms. The van der Waals surface area contributed by atoms with Gasteiger partial charge in [0, 0.05) is 31.4 Å². The van der Waals surface area contributed by atoms with Crippen LogP contribution in [0.25, 0.3) is 0 Å². The molecule has 1 fully saturated rings. The van der Waals surface area contributed by atoms with E-state index in [-0.39, 0.29) is 0 Å². The summed E-state index contributed by atoms with van der Waals surface area (Å²) in [6, 6.07) is 9.63. The fraction of sp³-hybridized carbons (Fsp3) is 0.600. The van der Waals surface area contributed by atoms with Crippen LogP contribution in [0.2, 0.25) is 0 Å². The minimum absolute atomic E-state index is 0.595. The maximum atomic E-state index is 3.49. The van der Waals surface area contributed by atoms with Crippen LogP contribution >= 0.6 is 0 Å². The molecule has 1 unspecified atom stereocenters. The molecule has 1 saturated heterocycles. The second kappa shape index (κ2) is 5.54. The SMILES string of the molecule is CC(C)Cc1cccc(N2CCNC(C)C2)c1. The third kappa shape index (κ3) is 3.47. The number of anilines is 1. The van der Waals surface area contributed by atoms with E-state index in [0.717, 1.165) is 25.6 Å². The zero-order valence-corrected chi connectivity index (χ0v) is 11.2. The van der Waals surface area contributed by atoms with Crippen molar-refractivity contribution < 1.29 is 0 Å². The highest BCUT2D eigenvalue weighted by Crippen LogP contribution is 2.19. The third-order valence-electron chi connectivity index (χ3n) is 3.29. The van der Waals surface area contributed by atoms with Gasteiger partial charge in [-0.1, -0.05) is 26.0 Å². The van der Waals surface area contributed by atoms with Crippen LogP contribution in [0.4, 0.5) is 5.69 Å². The molecule has 0 aromatic heterocycles. The fourth-order valence-electron chi connectivity index (χ4n) is 2.52. The molecular weight excluding hydrogens is 208 g/mol. The van der Waals surface area contributed by atoms with Crippen LogP contribution in [0.5, 0.6) is 0 Å². The Balaban J connectivity index is 2.09. The maximum absolute atomic E-state index is 3.49. The van der Waals surface area contributed by atoms with Gasteiger partial charge < -0.3 is 10.2 Å². The molecule has 94 valence electrons. The molecule has 0 amide bonds. The zero-order valence-electron chi connectivity index (χ0n) is 11.2. The number of piperazine rings is 1. The van der Waals surface area contributed by atoms with Gasteiger partial charge in [-0.3, -0.25) is 0 Å². The lowest BCUT2D eigenvalue weighted by Gasteiger charge is -2.34.